The minimum atomic E-state index is -1.66. The van der Waals surface area contributed by atoms with E-state index in [4.69, 9.17) is 14.2 Å². The molecule has 1 spiro atoms. The van der Waals surface area contributed by atoms with Gasteiger partial charge in [0.05, 0.1) is 24.9 Å². The fraction of sp³-hybridized carbons (Fsp3) is 0.684. The lowest BCUT2D eigenvalue weighted by Gasteiger charge is -2.60. The molecule has 0 unspecified atom stereocenters. The average molecular weight is 363 g/mol. The average Bonchev–Trinajstić information content (AvgIpc) is 3.07. The van der Waals surface area contributed by atoms with Crippen LogP contribution in [0, 0.1) is 0 Å². The molecule has 2 heterocycles. The van der Waals surface area contributed by atoms with Crippen molar-refractivity contribution in [3.8, 4) is 11.5 Å². The number of phenolic OH excluding ortho intramolecular Hbond substituents is 1. The molecule has 7 heteroatoms. The van der Waals surface area contributed by atoms with Crippen molar-refractivity contribution < 1.29 is 29.5 Å². The minimum Gasteiger partial charge on any atom is -0.504 e. The van der Waals surface area contributed by atoms with E-state index in [0.29, 0.717) is 25.0 Å². The van der Waals surface area contributed by atoms with Crippen LogP contribution in [0.1, 0.15) is 36.5 Å². The van der Waals surface area contributed by atoms with Crippen LogP contribution in [0.4, 0.5) is 0 Å². The third-order valence-corrected chi connectivity index (χ3v) is 7.48. The van der Waals surface area contributed by atoms with Crippen LogP contribution in [0.5, 0.6) is 11.5 Å². The highest BCUT2D eigenvalue weighted by Crippen LogP contribution is 2.72. The maximum absolute atomic E-state index is 11.8. The van der Waals surface area contributed by atoms with E-state index in [9.17, 15) is 15.3 Å². The highest BCUT2D eigenvalue weighted by molar-refractivity contribution is 5.60. The summed E-state index contributed by atoms with van der Waals surface area (Å²) in [4.78, 5) is 2.13. The Morgan fingerprint density at radius 2 is 2.04 bits per heavy atom. The van der Waals surface area contributed by atoms with Crippen LogP contribution < -0.4 is 4.74 Å². The van der Waals surface area contributed by atoms with E-state index in [0.717, 1.165) is 17.7 Å². The normalized spacial score (nSPS) is 46.1. The van der Waals surface area contributed by atoms with Crippen molar-refractivity contribution in [1.29, 1.82) is 0 Å². The molecule has 6 atom stereocenters. The number of methoxy groups -OCH3 is 2. The topological polar surface area (TPSA) is 91.6 Å². The Kier molecular flexibility index (Phi) is 3.17. The number of likely N-dealkylation sites (N-methyl/N-ethyl adjacent to an activating group) is 1. The van der Waals surface area contributed by atoms with Gasteiger partial charge in [-0.15, -0.1) is 0 Å². The first-order valence-electron chi connectivity index (χ1n) is 9.09. The summed E-state index contributed by atoms with van der Waals surface area (Å²) in [5, 5.41) is 33.7. The Balaban J connectivity index is 1.86. The van der Waals surface area contributed by atoms with Crippen molar-refractivity contribution in [1.82, 2.24) is 4.90 Å². The van der Waals surface area contributed by atoms with Gasteiger partial charge in [-0.1, -0.05) is 6.07 Å². The van der Waals surface area contributed by atoms with Crippen molar-refractivity contribution in [2.24, 2.45) is 0 Å². The standard InChI is InChI=1S/C19H25NO6/c1-20-7-6-17-8-11(21)16(25-3)19(23)18(17,20)9-13(26-19)10-4-5-12(24-2)15(22)14(10)17/h4-5,11,13,16,21-23H,6-9H2,1-3H3/t11-,13-,16-,17-,18-,19-/m0/s1. The van der Waals surface area contributed by atoms with Gasteiger partial charge in [-0.3, -0.25) is 4.90 Å². The molecule has 2 aliphatic carbocycles. The second kappa shape index (κ2) is 4.91. The first-order chi connectivity index (χ1) is 12.4. The van der Waals surface area contributed by atoms with E-state index in [1.807, 2.05) is 13.1 Å². The number of ether oxygens (including phenoxy) is 3. The second-order valence-electron chi connectivity index (χ2n) is 8.13. The lowest BCUT2D eigenvalue weighted by atomic mass is 9.50. The highest BCUT2D eigenvalue weighted by atomic mass is 16.7. The van der Waals surface area contributed by atoms with Crippen LogP contribution >= 0.6 is 0 Å². The van der Waals surface area contributed by atoms with Crippen molar-refractivity contribution in [3.05, 3.63) is 23.3 Å². The SMILES string of the molecule is COc1ccc2c(c1O)[C@@]13CCN(C)[C@@]14C[C@@H]2O[C@@]4(O)[C@@H](OC)[C@@H](O)C3. The number of nitrogens with zero attached hydrogens (tertiary/aromatic N) is 1. The van der Waals surface area contributed by atoms with Gasteiger partial charge in [0.15, 0.2) is 11.5 Å². The summed E-state index contributed by atoms with van der Waals surface area (Å²) in [6.45, 7) is 0.734. The van der Waals surface area contributed by atoms with Gasteiger partial charge in [-0.05, 0) is 38.1 Å². The molecule has 142 valence electrons. The third kappa shape index (κ3) is 1.48. The molecular weight excluding hydrogens is 338 g/mol. The van der Waals surface area contributed by atoms with Crippen molar-refractivity contribution in [3.63, 3.8) is 0 Å². The van der Waals surface area contributed by atoms with Crippen LogP contribution in [0.3, 0.4) is 0 Å². The Hall–Kier alpha value is -1.38. The summed E-state index contributed by atoms with van der Waals surface area (Å²) in [5.74, 6) is -1.17. The van der Waals surface area contributed by atoms with Crippen molar-refractivity contribution in [2.75, 3.05) is 27.8 Å². The quantitative estimate of drug-likeness (QED) is 0.711. The molecule has 4 aliphatic rings. The van der Waals surface area contributed by atoms with Gasteiger partial charge in [-0.25, -0.2) is 0 Å². The van der Waals surface area contributed by atoms with Crippen LogP contribution in [-0.2, 0) is 14.9 Å². The van der Waals surface area contributed by atoms with Crippen LogP contribution in [0.25, 0.3) is 0 Å². The minimum absolute atomic E-state index is 0.0882. The number of rotatable bonds is 2. The van der Waals surface area contributed by atoms with Crippen LogP contribution in [-0.4, -0.2) is 71.6 Å². The van der Waals surface area contributed by atoms with E-state index in [1.165, 1.54) is 14.2 Å². The molecule has 0 amide bonds. The molecule has 0 radical (unpaired) electrons. The fourth-order valence-corrected chi connectivity index (χ4v) is 6.61. The number of aromatic hydroxyl groups is 1. The largest absolute Gasteiger partial charge is 0.504 e. The number of hydrogen-bond acceptors (Lipinski definition) is 7. The number of fused-ring (bicyclic) bond motifs is 3. The molecule has 26 heavy (non-hydrogen) atoms. The number of phenols is 1. The lowest BCUT2D eigenvalue weighted by Crippen LogP contribution is -2.77. The van der Waals surface area contributed by atoms with Crippen LogP contribution in [0.15, 0.2) is 12.1 Å². The zero-order chi connectivity index (χ0) is 18.5. The molecule has 2 bridgehead atoms. The van der Waals surface area contributed by atoms with Crippen molar-refractivity contribution >= 4 is 0 Å². The van der Waals surface area contributed by atoms with Gasteiger partial charge >= 0.3 is 0 Å². The third-order valence-electron chi connectivity index (χ3n) is 7.48. The van der Waals surface area contributed by atoms with E-state index < -0.39 is 28.9 Å². The lowest BCUT2D eigenvalue weighted by molar-refractivity contribution is -0.328. The summed E-state index contributed by atoms with van der Waals surface area (Å²) in [6, 6.07) is 3.64. The molecular formula is C19H25NO6. The maximum Gasteiger partial charge on any atom is 0.215 e. The number of likely N-dealkylation sites (tertiary alicyclic amines) is 1. The number of aliphatic hydroxyl groups excluding tert-OH is 1. The Bertz CT molecular complexity index is 786. The summed E-state index contributed by atoms with van der Waals surface area (Å²) in [7, 11) is 4.99. The van der Waals surface area contributed by atoms with Gasteiger partial charge in [0, 0.05) is 24.5 Å². The molecule has 5 rings (SSSR count). The molecule has 1 aromatic rings. The predicted octanol–water partition coefficient (Wildman–Crippen LogP) is 0.656. The predicted molar refractivity (Wildman–Crippen MR) is 91.1 cm³/mol. The molecule has 1 aromatic carbocycles. The van der Waals surface area contributed by atoms with Gasteiger partial charge in [0.25, 0.3) is 0 Å². The Morgan fingerprint density at radius 1 is 1.27 bits per heavy atom. The molecule has 2 saturated heterocycles. The Labute approximate surface area is 152 Å². The molecule has 2 aliphatic heterocycles. The number of benzene rings is 1. The summed E-state index contributed by atoms with van der Waals surface area (Å²) < 4.78 is 17.1. The van der Waals surface area contributed by atoms with Gasteiger partial charge < -0.3 is 29.5 Å². The Morgan fingerprint density at radius 3 is 2.73 bits per heavy atom. The first-order valence-corrected chi connectivity index (χ1v) is 9.09. The van der Waals surface area contributed by atoms with E-state index >= 15 is 0 Å². The van der Waals surface area contributed by atoms with Crippen LogP contribution in [0.2, 0.25) is 0 Å². The van der Waals surface area contributed by atoms with Gasteiger partial charge in [-0.2, -0.15) is 0 Å². The summed E-state index contributed by atoms with van der Waals surface area (Å²) in [5.41, 5.74) is 0.226. The molecule has 3 N–H and O–H groups in total. The zero-order valence-corrected chi connectivity index (χ0v) is 15.2. The number of aliphatic hydroxyl groups is 2. The summed E-state index contributed by atoms with van der Waals surface area (Å²) >= 11 is 0. The van der Waals surface area contributed by atoms with E-state index in [2.05, 4.69) is 4.90 Å². The van der Waals surface area contributed by atoms with Gasteiger partial charge in [0.1, 0.15) is 6.10 Å². The van der Waals surface area contributed by atoms with Crippen molar-refractivity contribution in [2.45, 2.75) is 54.3 Å². The molecule has 0 aromatic heterocycles. The van der Waals surface area contributed by atoms with Gasteiger partial charge in [0.2, 0.25) is 5.79 Å². The summed E-state index contributed by atoms with van der Waals surface area (Å²) in [6.07, 6.45) is -0.418. The fourth-order valence-electron chi connectivity index (χ4n) is 6.61. The molecule has 3 fully saturated rings. The maximum atomic E-state index is 11.8. The molecule has 7 nitrogen and oxygen atoms in total. The highest BCUT2D eigenvalue weighted by Gasteiger charge is 2.81. The smallest absolute Gasteiger partial charge is 0.215 e. The van der Waals surface area contributed by atoms with E-state index in [-0.39, 0.29) is 11.9 Å². The monoisotopic (exact) mass is 363 g/mol. The first kappa shape index (κ1) is 16.8. The number of hydrogen-bond donors (Lipinski definition) is 3. The second-order valence-corrected chi connectivity index (χ2v) is 8.13. The molecule has 1 saturated carbocycles. The van der Waals surface area contributed by atoms with E-state index in [1.54, 1.807) is 6.07 Å². The zero-order valence-electron chi connectivity index (χ0n) is 15.2.